The fourth-order valence-electron chi connectivity index (χ4n) is 3.81. The largest absolute Gasteiger partial charge is 0.382 e. The Morgan fingerprint density at radius 3 is 2.35 bits per heavy atom. The molecule has 3 rings (SSSR count). The summed E-state index contributed by atoms with van der Waals surface area (Å²) < 4.78 is 41.1. The number of anilines is 1. The molecule has 0 N–H and O–H groups in total. The number of benzene rings is 1. The predicted octanol–water partition coefficient (Wildman–Crippen LogP) is 1.81. The van der Waals surface area contributed by atoms with Crippen molar-refractivity contribution in [2.24, 2.45) is 0 Å². The van der Waals surface area contributed by atoms with Crippen LogP contribution in [0.15, 0.2) is 35.1 Å². The van der Waals surface area contributed by atoms with Crippen molar-refractivity contribution in [3.8, 4) is 0 Å². The second kappa shape index (κ2) is 11.4. The van der Waals surface area contributed by atoms with Crippen molar-refractivity contribution in [1.29, 1.82) is 0 Å². The highest BCUT2D eigenvalue weighted by molar-refractivity contribution is 5.94. The molecule has 0 spiro atoms. The smallest absolute Gasteiger partial charge is 0.363 e. The first-order chi connectivity index (χ1) is 16.1. The Bertz CT molecular complexity index is 1040. The summed E-state index contributed by atoms with van der Waals surface area (Å²) in [6.07, 6.45) is 1.00. The first kappa shape index (κ1) is 19.5. The fraction of sp³-hybridized carbons (Fsp3) is 0.619. The van der Waals surface area contributed by atoms with Gasteiger partial charge in [0.15, 0.2) is 0 Å². The Labute approximate surface area is 195 Å². The number of ether oxygens (including phenoxy) is 1. The third-order valence-electron chi connectivity index (χ3n) is 5.40. The Morgan fingerprint density at radius 2 is 1.81 bits per heavy atom. The number of tetrazole rings is 1. The number of likely N-dealkylation sites (tertiary alicyclic amines) is 1. The molecule has 0 bridgehead atoms. The molecule has 1 aromatic heterocycles. The number of rotatable bonds is 9. The van der Waals surface area contributed by atoms with Crippen molar-refractivity contribution >= 4 is 24.0 Å². The standard InChI is InChI=1S/C21H32N6O3.ClH/c1-4-19(28)27(18-9-7-6-8-10-18)21(17-30-3)11-13-24(14-12-21)15-16-26-20(29)25(5-2)22-23-26;/h6-10H,4-5,11-17H2,1-3H3;1H/i15D2,16D2;. The Kier molecular flexibility index (Phi) is 7.16. The number of halogens is 1. The Morgan fingerprint density at radius 1 is 1.16 bits per heavy atom. The summed E-state index contributed by atoms with van der Waals surface area (Å²) in [5.41, 5.74) is -0.795. The maximum Gasteiger partial charge on any atom is 0.363 e. The van der Waals surface area contributed by atoms with Crippen LogP contribution in [0.5, 0.6) is 0 Å². The number of hydrogen-bond donors (Lipinski definition) is 0. The number of aromatic nitrogens is 4. The van der Waals surface area contributed by atoms with Gasteiger partial charge in [0, 0.05) is 48.1 Å². The van der Waals surface area contributed by atoms with Gasteiger partial charge in [0.05, 0.1) is 21.4 Å². The molecule has 1 saturated heterocycles. The molecule has 1 amide bonds. The van der Waals surface area contributed by atoms with Crippen molar-refractivity contribution in [2.45, 2.75) is 51.7 Å². The van der Waals surface area contributed by atoms with Gasteiger partial charge in [0.25, 0.3) is 0 Å². The van der Waals surface area contributed by atoms with Crippen molar-refractivity contribution < 1.29 is 15.0 Å². The van der Waals surface area contributed by atoms with E-state index < -0.39 is 24.2 Å². The zero-order valence-electron chi connectivity index (χ0n) is 22.2. The van der Waals surface area contributed by atoms with Gasteiger partial charge in [-0.25, -0.2) is 4.79 Å². The highest BCUT2D eigenvalue weighted by atomic mass is 35.5. The maximum atomic E-state index is 13.0. The van der Waals surface area contributed by atoms with E-state index >= 15 is 0 Å². The lowest BCUT2D eigenvalue weighted by molar-refractivity contribution is -0.120. The van der Waals surface area contributed by atoms with Crippen molar-refractivity contribution in [3.63, 3.8) is 0 Å². The summed E-state index contributed by atoms with van der Waals surface area (Å²) in [5, 5.41) is 7.21. The highest BCUT2D eigenvalue weighted by Crippen LogP contribution is 2.34. The van der Waals surface area contributed by atoms with E-state index in [9.17, 15) is 9.59 Å². The number of hydrogen-bond acceptors (Lipinski definition) is 6. The van der Waals surface area contributed by atoms with Crippen LogP contribution in [0.3, 0.4) is 0 Å². The molecular weight excluding hydrogens is 420 g/mol. The van der Waals surface area contributed by atoms with E-state index in [-0.39, 0.29) is 44.6 Å². The lowest BCUT2D eigenvalue weighted by Gasteiger charge is -2.48. The van der Waals surface area contributed by atoms with Crippen molar-refractivity contribution in [2.75, 3.05) is 38.2 Å². The molecule has 0 saturated carbocycles. The van der Waals surface area contributed by atoms with Crippen LogP contribution in [-0.2, 0) is 22.6 Å². The molecule has 0 atom stereocenters. The number of carbonyl (C=O) groups is 1. The molecule has 1 fully saturated rings. The molecule has 10 heteroatoms. The lowest BCUT2D eigenvalue weighted by atomic mass is 9.85. The Hall–Kier alpha value is -2.23. The van der Waals surface area contributed by atoms with E-state index in [2.05, 4.69) is 10.4 Å². The summed E-state index contributed by atoms with van der Waals surface area (Å²) in [6.45, 7) is -1.12. The van der Waals surface area contributed by atoms with E-state index in [0.717, 1.165) is 10.4 Å². The maximum absolute atomic E-state index is 13.0. The van der Waals surface area contributed by atoms with Crippen LogP contribution >= 0.6 is 12.4 Å². The topological polar surface area (TPSA) is 85.5 Å². The van der Waals surface area contributed by atoms with Gasteiger partial charge in [-0.2, -0.15) is 9.36 Å². The monoisotopic (exact) mass is 456 g/mol. The number of nitrogens with zero attached hydrogens (tertiary/aromatic N) is 6. The van der Waals surface area contributed by atoms with Gasteiger partial charge in [0.2, 0.25) is 5.91 Å². The van der Waals surface area contributed by atoms with E-state index in [4.69, 9.17) is 10.2 Å². The van der Waals surface area contributed by atoms with E-state index in [0.29, 0.717) is 23.9 Å². The molecule has 1 aromatic carbocycles. The van der Waals surface area contributed by atoms with Crippen molar-refractivity contribution in [3.05, 3.63) is 40.8 Å². The summed E-state index contributed by atoms with van der Waals surface area (Å²) in [4.78, 5) is 28.6. The van der Waals surface area contributed by atoms with Crippen LogP contribution < -0.4 is 10.6 Å². The number of para-hydroxylation sites is 1. The number of piperidine rings is 1. The van der Waals surface area contributed by atoms with Crippen LogP contribution in [-0.4, -0.2) is 69.4 Å². The van der Waals surface area contributed by atoms with Gasteiger partial charge in [-0.1, -0.05) is 25.1 Å². The van der Waals surface area contributed by atoms with Gasteiger partial charge in [-0.3, -0.25) is 4.79 Å². The molecular formula is C21H33ClN6O3. The highest BCUT2D eigenvalue weighted by Gasteiger charge is 2.42. The van der Waals surface area contributed by atoms with Crippen LogP contribution in [0.2, 0.25) is 0 Å². The molecule has 2 aromatic rings. The molecule has 31 heavy (non-hydrogen) atoms. The first-order valence-electron chi connectivity index (χ1n) is 12.2. The second-order valence-corrected chi connectivity index (χ2v) is 7.28. The normalized spacial score (nSPS) is 18.8. The predicted molar refractivity (Wildman–Crippen MR) is 122 cm³/mol. The summed E-state index contributed by atoms with van der Waals surface area (Å²) >= 11 is 0. The van der Waals surface area contributed by atoms with E-state index in [1.165, 1.54) is 4.90 Å². The zero-order valence-corrected chi connectivity index (χ0v) is 19.0. The summed E-state index contributed by atoms with van der Waals surface area (Å²) in [7, 11) is 1.56. The number of amides is 1. The van der Waals surface area contributed by atoms with Gasteiger partial charge < -0.3 is 14.5 Å². The third kappa shape index (κ3) is 5.53. The molecule has 9 nitrogen and oxygen atoms in total. The van der Waals surface area contributed by atoms with Gasteiger partial charge in [0.1, 0.15) is 0 Å². The molecule has 0 radical (unpaired) electrons. The average Bonchev–Trinajstić information content (AvgIpc) is 3.21. The zero-order chi connectivity index (χ0) is 25.1. The van der Waals surface area contributed by atoms with Crippen molar-refractivity contribution in [1.82, 2.24) is 24.7 Å². The minimum Gasteiger partial charge on any atom is -0.382 e. The number of carbonyl (C=O) groups excluding carboxylic acids is 1. The van der Waals surface area contributed by atoms with Crippen LogP contribution in [0, 0.1) is 0 Å². The van der Waals surface area contributed by atoms with Gasteiger partial charge >= 0.3 is 5.69 Å². The third-order valence-corrected chi connectivity index (χ3v) is 5.40. The quantitative estimate of drug-likeness (QED) is 0.572. The molecule has 172 valence electrons. The Balaban J connectivity index is 0.00000432. The molecule has 0 unspecified atom stereocenters. The van der Waals surface area contributed by atoms with Crippen LogP contribution in [0.4, 0.5) is 5.69 Å². The van der Waals surface area contributed by atoms with E-state index in [1.807, 2.05) is 30.3 Å². The minimum absolute atomic E-state index is 0. The molecule has 1 aliphatic rings. The average molecular weight is 457 g/mol. The second-order valence-electron chi connectivity index (χ2n) is 7.28. The SMILES string of the molecule is Cl.[2H]C([2H])(N1CCC(COC)(N(C(=O)CC)c2ccccc2)CC1)C([2H])([2H])n1nnn(CC)c1=O. The summed E-state index contributed by atoms with van der Waals surface area (Å²) in [5.74, 6) is -0.0715. The minimum atomic E-state index is -2.77. The number of aryl methyl sites for hydroxylation is 2. The number of methoxy groups -OCH3 is 1. The van der Waals surface area contributed by atoms with Gasteiger partial charge in [-0.05, 0) is 42.3 Å². The van der Waals surface area contributed by atoms with Crippen LogP contribution in [0.25, 0.3) is 0 Å². The van der Waals surface area contributed by atoms with E-state index in [1.54, 1.807) is 25.9 Å². The molecule has 2 heterocycles. The first-order valence-corrected chi connectivity index (χ1v) is 10.2. The lowest BCUT2D eigenvalue weighted by Crippen LogP contribution is -2.60. The fourth-order valence-corrected chi connectivity index (χ4v) is 3.81. The van der Waals surface area contributed by atoms with Crippen LogP contribution in [0.1, 0.15) is 38.6 Å². The molecule has 1 aliphatic heterocycles. The summed E-state index contributed by atoms with van der Waals surface area (Å²) in [6, 6.07) is 9.30. The molecule has 0 aliphatic carbocycles. The van der Waals surface area contributed by atoms with Gasteiger partial charge in [-0.15, -0.1) is 12.4 Å².